The first-order chi connectivity index (χ1) is 13.7. The molecule has 2 aliphatic heterocycles. The van der Waals surface area contributed by atoms with Crippen LogP contribution in [-0.4, -0.2) is 54.0 Å². The standard InChI is InChI=1S/C22H29N5O/c1-25(16-18-7-2-3-9-20(18)26-12-4-5-13-26)22(28)19-8-6-14-27(17-19)21-15-23-10-11-24-21/h2-3,7,9-11,15,19H,4-6,8,12-14,16-17H2,1H3/t19-/m0/s1. The van der Waals surface area contributed by atoms with Gasteiger partial charge in [0.2, 0.25) is 5.91 Å². The summed E-state index contributed by atoms with van der Waals surface area (Å²) in [6.45, 7) is 4.54. The molecule has 0 unspecified atom stereocenters. The molecule has 0 N–H and O–H groups in total. The summed E-state index contributed by atoms with van der Waals surface area (Å²) in [7, 11) is 1.93. The van der Waals surface area contributed by atoms with Crippen molar-refractivity contribution in [3.63, 3.8) is 0 Å². The number of hydrogen-bond donors (Lipinski definition) is 0. The Morgan fingerprint density at radius 2 is 1.89 bits per heavy atom. The maximum absolute atomic E-state index is 13.2. The molecule has 0 saturated carbocycles. The van der Waals surface area contributed by atoms with Gasteiger partial charge in [-0.3, -0.25) is 9.78 Å². The maximum Gasteiger partial charge on any atom is 0.227 e. The summed E-state index contributed by atoms with van der Waals surface area (Å²) < 4.78 is 0. The van der Waals surface area contributed by atoms with E-state index in [4.69, 9.17) is 0 Å². The highest BCUT2D eigenvalue weighted by molar-refractivity contribution is 5.79. The molecule has 2 fully saturated rings. The molecular weight excluding hydrogens is 350 g/mol. The summed E-state index contributed by atoms with van der Waals surface area (Å²) >= 11 is 0. The van der Waals surface area contributed by atoms with Crippen LogP contribution in [0.2, 0.25) is 0 Å². The number of carbonyl (C=O) groups is 1. The van der Waals surface area contributed by atoms with Gasteiger partial charge in [-0.2, -0.15) is 0 Å². The third-order valence-corrected chi connectivity index (χ3v) is 5.87. The lowest BCUT2D eigenvalue weighted by Crippen LogP contribution is -2.44. The molecule has 2 saturated heterocycles. The molecule has 1 aromatic heterocycles. The van der Waals surface area contributed by atoms with E-state index in [1.165, 1.54) is 24.1 Å². The molecule has 0 radical (unpaired) electrons. The van der Waals surface area contributed by atoms with E-state index in [-0.39, 0.29) is 11.8 Å². The van der Waals surface area contributed by atoms with Crippen LogP contribution in [0.15, 0.2) is 42.9 Å². The minimum Gasteiger partial charge on any atom is -0.371 e. The number of aromatic nitrogens is 2. The van der Waals surface area contributed by atoms with Crippen LogP contribution >= 0.6 is 0 Å². The van der Waals surface area contributed by atoms with Crippen LogP contribution in [0.25, 0.3) is 0 Å². The van der Waals surface area contributed by atoms with Gasteiger partial charge in [0.15, 0.2) is 0 Å². The minimum atomic E-state index is 0.0136. The average molecular weight is 380 g/mol. The molecule has 2 aliphatic rings. The Bertz CT molecular complexity index is 791. The largest absolute Gasteiger partial charge is 0.371 e. The number of amides is 1. The number of piperidine rings is 1. The lowest BCUT2D eigenvalue weighted by atomic mass is 9.96. The number of hydrogen-bond acceptors (Lipinski definition) is 5. The lowest BCUT2D eigenvalue weighted by Gasteiger charge is -2.34. The van der Waals surface area contributed by atoms with Crippen LogP contribution < -0.4 is 9.80 Å². The van der Waals surface area contributed by atoms with E-state index in [1.807, 2.05) is 11.9 Å². The zero-order valence-electron chi connectivity index (χ0n) is 16.6. The SMILES string of the molecule is CN(Cc1ccccc1N1CCCC1)C(=O)[C@H]1CCCN(c2cnccn2)C1. The van der Waals surface area contributed by atoms with Gasteiger partial charge >= 0.3 is 0 Å². The normalized spacial score (nSPS) is 19.7. The van der Waals surface area contributed by atoms with Gasteiger partial charge in [-0.05, 0) is 37.3 Å². The number of carbonyl (C=O) groups excluding carboxylic acids is 1. The fraction of sp³-hybridized carbons (Fsp3) is 0.500. The van der Waals surface area contributed by atoms with Crippen LogP contribution in [0.1, 0.15) is 31.2 Å². The summed E-state index contributed by atoms with van der Waals surface area (Å²) in [5.41, 5.74) is 2.52. The van der Waals surface area contributed by atoms with Crippen LogP contribution in [0.4, 0.5) is 11.5 Å². The highest BCUT2D eigenvalue weighted by atomic mass is 16.2. The summed E-state index contributed by atoms with van der Waals surface area (Å²) in [4.78, 5) is 28.3. The average Bonchev–Trinajstić information content (AvgIpc) is 3.29. The second-order valence-corrected chi connectivity index (χ2v) is 7.87. The highest BCUT2D eigenvalue weighted by Gasteiger charge is 2.29. The Labute approximate surface area is 167 Å². The van der Waals surface area contributed by atoms with Gasteiger partial charge in [0, 0.05) is 57.9 Å². The molecule has 0 spiro atoms. The number of benzene rings is 1. The van der Waals surface area contributed by atoms with Crippen molar-refractivity contribution in [2.45, 2.75) is 32.2 Å². The third-order valence-electron chi connectivity index (χ3n) is 5.87. The molecule has 6 nitrogen and oxygen atoms in total. The minimum absolute atomic E-state index is 0.0136. The maximum atomic E-state index is 13.2. The molecule has 1 amide bonds. The molecule has 148 valence electrons. The summed E-state index contributed by atoms with van der Waals surface area (Å²) in [5, 5.41) is 0. The molecular formula is C22H29N5O. The van der Waals surface area contributed by atoms with Crippen LogP contribution in [-0.2, 0) is 11.3 Å². The number of nitrogens with zero attached hydrogens (tertiary/aromatic N) is 5. The topological polar surface area (TPSA) is 52.6 Å². The quantitative estimate of drug-likeness (QED) is 0.799. The molecule has 3 heterocycles. The Hall–Kier alpha value is -2.63. The first kappa shape index (κ1) is 18.7. The van der Waals surface area contributed by atoms with Crippen LogP contribution in [0, 0.1) is 5.92 Å². The predicted molar refractivity (Wildman–Crippen MR) is 111 cm³/mol. The zero-order valence-corrected chi connectivity index (χ0v) is 16.6. The Kier molecular flexibility index (Phi) is 5.74. The fourth-order valence-corrected chi connectivity index (χ4v) is 4.40. The van der Waals surface area contributed by atoms with Gasteiger partial charge in [0.05, 0.1) is 12.1 Å². The van der Waals surface area contributed by atoms with Crippen LogP contribution in [0.3, 0.4) is 0 Å². The number of para-hydroxylation sites is 1. The smallest absolute Gasteiger partial charge is 0.227 e. The van der Waals surface area contributed by atoms with E-state index in [9.17, 15) is 4.79 Å². The van der Waals surface area contributed by atoms with Crippen molar-refractivity contribution >= 4 is 17.4 Å². The molecule has 0 bridgehead atoms. The van der Waals surface area contributed by atoms with E-state index in [0.29, 0.717) is 6.54 Å². The second-order valence-electron chi connectivity index (χ2n) is 7.87. The lowest BCUT2D eigenvalue weighted by molar-refractivity contribution is -0.135. The first-order valence-corrected chi connectivity index (χ1v) is 10.3. The van der Waals surface area contributed by atoms with E-state index in [0.717, 1.165) is 44.8 Å². The predicted octanol–water partition coefficient (Wildman–Crippen LogP) is 2.95. The van der Waals surface area contributed by atoms with E-state index >= 15 is 0 Å². The van der Waals surface area contributed by atoms with E-state index < -0.39 is 0 Å². The Morgan fingerprint density at radius 1 is 1.11 bits per heavy atom. The van der Waals surface area contributed by atoms with E-state index in [2.05, 4.69) is 44.0 Å². The van der Waals surface area contributed by atoms with Crippen LogP contribution in [0.5, 0.6) is 0 Å². The molecule has 6 heteroatoms. The zero-order chi connectivity index (χ0) is 19.3. The third kappa shape index (κ3) is 4.11. The summed E-state index contributed by atoms with van der Waals surface area (Å²) in [6.07, 6.45) is 9.62. The van der Waals surface area contributed by atoms with Gasteiger partial charge in [-0.1, -0.05) is 18.2 Å². The van der Waals surface area contributed by atoms with Gasteiger partial charge in [0.25, 0.3) is 0 Å². The summed E-state index contributed by atoms with van der Waals surface area (Å²) in [6, 6.07) is 8.52. The molecule has 1 atom stereocenters. The molecule has 28 heavy (non-hydrogen) atoms. The van der Waals surface area contributed by atoms with Gasteiger partial charge in [-0.15, -0.1) is 0 Å². The van der Waals surface area contributed by atoms with Gasteiger partial charge < -0.3 is 14.7 Å². The van der Waals surface area contributed by atoms with Gasteiger partial charge in [-0.25, -0.2) is 4.98 Å². The van der Waals surface area contributed by atoms with E-state index in [1.54, 1.807) is 18.6 Å². The summed E-state index contributed by atoms with van der Waals surface area (Å²) in [5.74, 6) is 1.10. The van der Waals surface area contributed by atoms with Crippen molar-refractivity contribution in [3.05, 3.63) is 48.4 Å². The van der Waals surface area contributed by atoms with Crippen molar-refractivity contribution in [2.75, 3.05) is 43.0 Å². The molecule has 2 aromatic rings. The number of rotatable bonds is 5. The Morgan fingerprint density at radius 3 is 2.68 bits per heavy atom. The van der Waals surface area contributed by atoms with Crippen molar-refractivity contribution in [1.82, 2.24) is 14.9 Å². The fourth-order valence-electron chi connectivity index (χ4n) is 4.40. The van der Waals surface area contributed by atoms with Crippen molar-refractivity contribution in [1.29, 1.82) is 0 Å². The Balaban J connectivity index is 1.42. The highest BCUT2D eigenvalue weighted by Crippen LogP contribution is 2.27. The molecule has 4 rings (SSSR count). The number of anilines is 2. The second kappa shape index (κ2) is 8.59. The molecule has 0 aliphatic carbocycles. The van der Waals surface area contributed by atoms with Crippen molar-refractivity contribution < 1.29 is 4.79 Å². The molecule has 1 aromatic carbocycles. The first-order valence-electron chi connectivity index (χ1n) is 10.3. The monoisotopic (exact) mass is 379 g/mol. The van der Waals surface area contributed by atoms with Crippen molar-refractivity contribution in [3.8, 4) is 0 Å². The van der Waals surface area contributed by atoms with Crippen molar-refractivity contribution in [2.24, 2.45) is 5.92 Å². The van der Waals surface area contributed by atoms with Gasteiger partial charge in [0.1, 0.15) is 5.82 Å².